The molecule has 1 rings (SSSR count). The Balaban J connectivity index is 2.33. The van der Waals surface area contributed by atoms with Crippen LogP contribution in [0.2, 0.25) is 0 Å². The van der Waals surface area contributed by atoms with Crippen LogP contribution in [0.4, 0.5) is 5.95 Å². The minimum Gasteiger partial charge on any atom is -0.348 e. The van der Waals surface area contributed by atoms with Crippen LogP contribution in [-0.2, 0) is 13.6 Å². The molecule has 0 aliphatic carbocycles. The number of imidazole rings is 1. The van der Waals surface area contributed by atoms with Gasteiger partial charge in [-0.25, -0.2) is 4.98 Å². The zero-order valence-electron chi connectivity index (χ0n) is 13.1. The highest BCUT2D eigenvalue weighted by atomic mass is 15.3. The van der Waals surface area contributed by atoms with Crippen LogP contribution in [-0.4, -0.2) is 54.7 Å². The van der Waals surface area contributed by atoms with E-state index in [0.717, 1.165) is 32.1 Å². The Bertz CT molecular complexity index is 359. The molecular weight excluding hydrogens is 238 g/mol. The lowest BCUT2D eigenvalue weighted by Gasteiger charge is -2.19. The van der Waals surface area contributed by atoms with Crippen molar-refractivity contribution in [1.82, 2.24) is 19.8 Å². The average molecular weight is 267 g/mol. The summed E-state index contributed by atoms with van der Waals surface area (Å²) in [5.41, 5.74) is 1.22. The monoisotopic (exact) mass is 267 g/mol. The first kappa shape index (κ1) is 16.0. The maximum atomic E-state index is 4.41. The van der Waals surface area contributed by atoms with E-state index in [9.17, 15) is 0 Å². The van der Waals surface area contributed by atoms with Crippen LogP contribution >= 0.6 is 0 Å². The van der Waals surface area contributed by atoms with Crippen molar-refractivity contribution in [2.45, 2.75) is 26.8 Å². The quantitative estimate of drug-likeness (QED) is 0.684. The van der Waals surface area contributed by atoms with E-state index in [1.54, 1.807) is 0 Å². The van der Waals surface area contributed by atoms with Crippen molar-refractivity contribution in [3.63, 3.8) is 0 Å². The molecule has 0 aliphatic heterocycles. The van der Waals surface area contributed by atoms with E-state index in [1.165, 1.54) is 18.7 Å². The fourth-order valence-corrected chi connectivity index (χ4v) is 2.21. The van der Waals surface area contributed by atoms with Gasteiger partial charge in [0.15, 0.2) is 0 Å². The highest BCUT2D eigenvalue weighted by Gasteiger charge is 2.07. The molecule has 0 fully saturated rings. The number of hydrogen-bond donors (Lipinski definition) is 1. The van der Waals surface area contributed by atoms with Crippen LogP contribution < -0.4 is 10.2 Å². The molecule has 0 spiro atoms. The Hall–Kier alpha value is -1.07. The zero-order chi connectivity index (χ0) is 14.3. The summed E-state index contributed by atoms with van der Waals surface area (Å²) in [7, 11) is 6.10. The van der Waals surface area contributed by atoms with Gasteiger partial charge in [0, 0.05) is 40.8 Å². The van der Waals surface area contributed by atoms with E-state index in [2.05, 4.69) is 40.7 Å². The fraction of sp³-hybridized carbons (Fsp3) is 0.786. The molecular formula is C14H29N5. The molecule has 5 nitrogen and oxygen atoms in total. The number of rotatable bonds is 9. The normalized spacial score (nSPS) is 11.3. The molecule has 1 aromatic heterocycles. The van der Waals surface area contributed by atoms with E-state index < -0.39 is 0 Å². The topological polar surface area (TPSA) is 36.3 Å². The van der Waals surface area contributed by atoms with Crippen molar-refractivity contribution in [3.8, 4) is 0 Å². The van der Waals surface area contributed by atoms with Gasteiger partial charge in [-0.1, -0.05) is 13.8 Å². The lowest BCUT2D eigenvalue weighted by atomic mass is 10.4. The van der Waals surface area contributed by atoms with E-state index in [0.29, 0.717) is 0 Å². The first-order valence-corrected chi connectivity index (χ1v) is 7.21. The van der Waals surface area contributed by atoms with E-state index >= 15 is 0 Å². The number of likely N-dealkylation sites (N-methyl/N-ethyl adjacent to an activating group) is 1. The van der Waals surface area contributed by atoms with E-state index in [-0.39, 0.29) is 0 Å². The van der Waals surface area contributed by atoms with Gasteiger partial charge < -0.3 is 19.7 Å². The summed E-state index contributed by atoms with van der Waals surface area (Å²) in [6, 6.07) is 0. The van der Waals surface area contributed by atoms with Crippen LogP contribution in [0.15, 0.2) is 6.20 Å². The van der Waals surface area contributed by atoms with Crippen LogP contribution in [0.1, 0.15) is 26.0 Å². The molecule has 0 atom stereocenters. The van der Waals surface area contributed by atoms with Gasteiger partial charge in [0.2, 0.25) is 5.95 Å². The van der Waals surface area contributed by atoms with Gasteiger partial charge in [0.05, 0.1) is 11.9 Å². The number of nitrogens with zero attached hydrogens (tertiary/aromatic N) is 4. The van der Waals surface area contributed by atoms with Gasteiger partial charge in [0.1, 0.15) is 0 Å². The molecule has 110 valence electrons. The maximum Gasteiger partial charge on any atom is 0.204 e. The van der Waals surface area contributed by atoms with Gasteiger partial charge in [-0.2, -0.15) is 0 Å². The molecule has 0 saturated heterocycles. The van der Waals surface area contributed by atoms with E-state index in [4.69, 9.17) is 0 Å². The third-order valence-electron chi connectivity index (χ3n) is 3.36. The van der Waals surface area contributed by atoms with Crippen LogP contribution in [0.5, 0.6) is 0 Å². The molecule has 0 amide bonds. The number of hydrogen-bond acceptors (Lipinski definition) is 4. The van der Waals surface area contributed by atoms with E-state index in [1.807, 2.05) is 25.2 Å². The summed E-state index contributed by atoms with van der Waals surface area (Å²) in [5.74, 6) is 0.998. The molecule has 1 heterocycles. The number of nitrogens with one attached hydrogen (secondary N) is 1. The minimum absolute atomic E-state index is 0.876. The summed E-state index contributed by atoms with van der Waals surface area (Å²) >= 11 is 0. The van der Waals surface area contributed by atoms with Crippen LogP contribution in [0.3, 0.4) is 0 Å². The molecule has 0 radical (unpaired) electrons. The van der Waals surface area contributed by atoms with Gasteiger partial charge in [-0.05, 0) is 19.5 Å². The zero-order valence-corrected chi connectivity index (χ0v) is 13.1. The molecule has 0 bridgehead atoms. The second-order valence-electron chi connectivity index (χ2n) is 5.11. The fourth-order valence-electron chi connectivity index (χ4n) is 2.21. The van der Waals surface area contributed by atoms with Crippen molar-refractivity contribution in [2.75, 3.05) is 45.2 Å². The number of aromatic nitrogens is 2. The Labute approximate surface area is 117 Å². The smallest absolute Gasteiger partial charge is 0.204 e. The lowest BCUT2D eigenvalue weighted by Crippen LogP contribution is -2.32. The van der Waals surface area contributed by atoms with Crippen LogP contribution in [0, 0.1) is 0 Å². The standard InChI is InChI=1S/C14H29N5/c1-6-9-19(7-2)10-8-15-11-13-12-16-14(17(3)4)18(13)5/h12,15H,6-11H2,1-5H3. The van der Waals surface area contributed by atoms with Crippen molar-refractivity contribution in [3.05, 3.63) is 11.9 Å². The molecule has 0 unspecified atom stereocenters. The van der Waals surface area contributed by atoms with Gasteiger partial charge >= 0.3 is 0 Å². The molecule has 0 aliphatic rings. The third kappa shape index (κ3) is 4.84. The minimum atomic E-state index is 0.876. The third-order valence-corrected chi connectivity index (χ3v) is 3.36. The second kappa shape index (κ2) is 8.17. The summed E-state index contributed by atoms with van der Waals surface area (Å²) in [6.45, 7) is 9.79. The SMILES string of the molecule is CCCN(CC)CCNCc1cnc(N(C)C)n1C. The Morgan fingerprint density at radius 2 is 2.00 bits per heavy atom. The van der Waals surface area contributed by atoms with Gasteiger partial charge in [-0.15, -0.1) is 0 Å². The predicted octanol–water partition coefficient (Wildman–Crippen LogP) is 1.31. The highest BCUT2D eigenvalue weighted by Crippen LogP contribution is 2.10. The van der Waals surface area contributed by atoms with Crippen molar-refractivity contribution in [2.24, 2.45) is 7.05 Å². The largest absolute Gasteiger partial charge is 0.348 e. The Kier molecular flexibility index (Phi) is 6.87. The van der Waals surface area contributed by atoms with Gasteiger partial charge in [-0.3, -0.25) is 0 Å². The molecule has 5 heteroatoms. The Morgan fingerprint density at radius 3 is 2.53 bits per heavy atom. The highest BCUT2D eigenvalue weighted by molar-refractivity contribution is 5.30. The summed E-state index contributed by atoms with van der Waals surface area (Å²) in [5, 5.41) is 3.50. The molecule has 0 saturated carbocycles. The summed E-state index contributed by atoms with van der Waals surface area (Å²) in [4.78, 5) is 8.92. The first-order chi connectivity index (χ1) is 9.10. The average Bonchev–Trinajstić information content (AvgIpc) is 2.75. The number of anilines is 1. The van der Waals surface area contributed by atoms with Crippen molar-refractivity contribution < 1.29 is 0 Å². The lowest BCUT2D eigenvalue weighted by molar-refractivity contribution is 0.287. The second-order valence-corrected chi connectivity index (χ2v) is 5.11. The maximum absolute atomic E-state index is 4.41. The van der Waals surface area contributed by atoms with Gasteiger partial charge in [0.25, 0.3) is 0 Å². The van der Waals surface area contributed by atoms with Crippen LogP contribution in [0.25, 0.3) is 0 Å². The van der Waals surface area contributed by atoms with Crippen molar-refractivity contribution in [1.29, 1.82) is 0 Å². The predicted molar refractivity (Wildman–Crippen MR) is 81.6 cm³/mol. The summed E-state index contributed by atoms with van der Waals surface area (Å²) in [6.07, 6.45) is 3.17. The first-order valence-electron chi connectivity index (χ1n) is 7.21. The summed E-state index contributed by atoms with van der Waals surface area (Å²) < 4.78 is 2.14. The van der Waals surface area contributed by atoms with Crippen molar-refractivity contribution >= 4 is 5.95 Å². The molecule has 19 heavy (non-hydrogen) atoms. The molecule has 1 aromatic rings. The molecule has 1 N–H and O–H groups in total. The Morgan fingerprint density at radius 1 is 1.26 bits per heavy atom. The molecule has 0 aromatic carbocycles.